The van der Waals surface area contributed by atoms with E-state index in [1.165, 1.54) is 22.9 Å². The van der Waals surface area contributed by atoms with Crippen molar-refractivity contribution in [3.05, 3.63) is 155 Å². The maximum absolute atomic E-state index is 13.6. The van der Waals surface area contributed by atoms with Crippen LogP contribution in [0, 0.1) is 0 Å². The lowest BCUT2D eigenvalue weighted by atomic mass is 9.80. The Labute approximate surface area is 319 Å². The highest BCUT2D eigenvalue weighted by Gasteiger charge is 2.42. The molecule has 0 aliphatic carbocycles. The molecule has 6 aromatic rings. The molecule has 0 bridgehead atoms. The van der Waals surface area contributed by atoms with Crippen molar-refractivity contribution in [2.75, 3.05) is 44.5 Å². The summed E-state index contributed by atoms with van der Waals surface area (Å²) < 4.78 is 55.0. The fourth-order valence-electron chi connectivity index (χ4n) is 7.09. The Morgan fingerprint density at radius 1 is 0.818 bits per heavy atom. The second-order valence-corrected chi connectivity index (χ2v) is 15.0. The lowest BCUT2D eigenvalue weighted by molar-refractivity contribution is -0.0944. The number of anilines is 2. The van der Waals surface area contributed by atoms with E-state index >= 15 is 0 Å². The first-order chi connectivity index (χ1) is 26.5. The van der Waals surface area contributed by atoms with Crippen LogP contribution in [0.25, 0.3) is 10.8 Å². The Hall–Kier alpha value is -5.73. The van der Waals surface area contributed by atoms with Crippen molar-refractivity contribution >= 4 is 32.3 Å². The third-order valence-electron chi connectivity index (χ3n) is 9.85. The van der Waals surface area contributed by atoms with E-state index in [0.29, 0.717) is 16.9 Å². The maximum atomic E-state index is 13.6. The van der Waals surface area contributed by atoms with Crippen molar-refractivity contribution in [1.29, 1.82) is 0 Å². The van der Waals surface area contributed by atoms with Gasteiger partial charge >= 0.3 is 5.69 Å². The predicted molar refractivity (Wildman–Crippen MR) is 210 cm³/mol. The third-order valence-corrected chi connectivity index (χ3v) is 11.3. The third kappa shape index (κ3) is 7.39. The molecule has 3 atom stereocenters. The minimum Gasteiger partial charge on any atom is -0.497 e. The number of rotatable bonds is 13. The van der Waals surface area contributed by atoms with Crippen molar-refractivity contribution in [3.63, 3.8) is 0 Å². The van der Waals surface area contributed by atoms with Crippen LogP contribution < -0.4 is 24.8 Å². The number of nitrogens with one attached hydrogen (secondary N) is 1. The normalized spacial score (nSPS) is 17.2. The molecule has 5 aromatic carbocycles. The number of fused-ring (bicyclic) bond motifs is 1. The number of sulfonamides is 1. The lowest BCUT2D eigenvalue weighted by Crippen LogP contribution is -2.38. The van der Waals surface area contributed by atoms with Crippen LogP contribution in [0.5, 0.6) is 11.5 Å². The summed E-state index contributed by atoms with van der Waals surface area (Å²) in [7, 11) is 2.86. The van der Waals surface area contributed by atoms with E-state index < -0.39 is 39.7 Å². The van der Waals surface area contributed by atoms with Crippen molar-refractivity contribution < 1.29 is 32.5 Å². The fraction of sp³-hybridized carbons (Fsp3) is 0.238. The van der Waals surface area contributed by atoms with Gasteiger partial charge in [0.25, 0.3) is 10.0 Å². The standard InChI is InChI=1S/C42H42N4O8S/c1-45(2)35-14-8-13-34-33(35)12-9-15-38(34)55(49,50)44-39-24-25-46(41(48)43-39)40-26-36(47)37(54-40)27-53-42(28-10-6-5-7-11-28,29-16-20-31(51-3)21-17-29)30-18-22-32(52-4)23-19-30/h5-25,36-37,40,47H,26-27H2,1-4H3,(H,43,44,48)/t36-,37+,40+/m0/s1. The molecular weight excluding hydrogens is 721 g/mol. The van der Waals surface area contributed by atoms with Crippen LogP contribution in [0.4, 0.5) is 11.5 Å². The zero-order valence-electron chi connectivity index (χ0n) is 30.8. The molecule has 7 rings (SSSR count). The molecule has 0 radical (unpaired) electrons. The number of hydrogen-bond acceptors (Lipinski definition) is 10. The number of nitrogens with zero attached hydrogens (tertiary/aromatic N) is 3. The zero-order valence-corrected chi connectivity index (χ0v) is 31.6. The molecule has 1 aliphatic heterocycles. The predicted octanol–water partition coefficient (Wildman–Crippen LogP) is 5.94. The van der Waals surface area contributed by atoms with Gasteiger partial charge in [-0.15, -0.1) is 0 Å². The van der Waals surface area contributed by atoms with Crippen LogP contribution in [-0.4, -0.2) is 70.2 Å². The summed E-state index contributed by atoms with van der Waals surface area (Å²) in [6.45, 7) is -0.0503. The molecule has 0 unspecified atom stereocenters. The Kier molecular flexibility index (Phi) is 10.6. The molecule has 1 fully saturated rings. The summed E-state index contributed by atoms with van der Waals surface area (Å²) in [5.41, 5.74) is 1.44. The van der Waals surface area contributed by atoms with Gasteiger partial charge in [-0.2, -0.15) is 4.98 Å². The van der Waals surface area contributed by atoms with Crippen LogP contribution in [-0.2, 0) is 25.1 Å². The van der Waals surface area contributed by atoms with E-state index in [-0.39, 0.29) is 23.7 Å². The Bertz CT molecular complexity index is 2390. The maximum Gasteiger partial charge on any atom is 0.351 e. The molecule has 0 amide bonds. The Morgan fingerprint density at radius 3 is 2.02 bits per heavy atom. The highest BCUT2D eigenvalue weighted by molar-refractivity contribution is 7.93. The summed E-state index contributed by atoms with van der Waals surface area (Å²) >= 11 is 0. The number of methoxy groups -OCH3 is 2. The number of benzene rings is 5. The highest BCUT2D eigenvalue weighted by atomic mass is 32.2. The average Bonchev–Trinajstić information content (AvgIpc) is 3.57. The molecule has 1 aliphatic rings. The van der Waals surface area contributed by atoms with Gasteiger partial charge in [-0.05, 0) is 59.2 Å². The second kappa shape index (κ2) is 15.6. The van der Waals surface area contributed by atoms with Crippen molar-refractivity contribution in [1.82, 2.24) is 9.55 Å². The molecule has 1 saturated heterocycles. The van der Waals surface area contributed by atoms with E-state index in [1.54, 1.807) is 32.4 Å². The average molecular weight is 763 g/mol. The Balaban J connectivity index is 1.14. The van der Waals surface area contributed by atoms with E-state index in [9.17, 15) is 18.3 Å². The summed E-state index contributed by atoms with van der Waals surface area (Å²) in [6.07, 6.45) is -1.22. The first kappa shape index (κ1) is 37.6. The molecule has 2 N–H and O–H groups in total. The number of ether oxygens (including phenoxy) is 4. The van der Waals surface area contributed by atoms with Gasteiger partial charge in [0.15, 0.2) is 0 Å². The van der Waals surface area contributed by atoms with Crippen LogP contribution in [0.1, 0.15) is 29.3 Å². The molecule has 55 heavy (non-hydrogen) atoms. The van der Waals surface area contributed by atoms with Crippen LogP contribution >= 0.6 is 0 Å². The van der Waals surface area contributed by atoms with Gasteiger partial charge in [-0.3, -0.25) is 9.29 Å². The van der Waals surface area contributed by atoms with Crippen LogP contribution in [0.3, 0.4) is 0 Å². The largest absolute Gasteiger partial charge is 0.497 e. The minimum atomic E-state index is -4.13. The van der Waals surface area contributed by atoms with Crippen molar-refractivity contribution in [3.8, 4) is 11.5 Å². The first-order valence-corrected chi connectivity index (χ1v) is 19.2. The van der Waals surface area contributed by atoms with E-state index in [4.69, 9.17) is 18.9 Å². The fourth-order valence-corrected chi connectivity index (χ4v) is 8.31. The number of aliphatic hydroxyl groups excluding tert-OH is 1. The van der Waals surface area contributed by atoms with Crippen molar-refractivity contribution in [2.24, 2.45) is 0 Å². The molecular formula is C42H42N4O8S. The Morgan fingerprint density at radius 2 is 1.42 bits per heavy atom. The topological polar surface area (TPSA) is 141 Å². The molecule has 284 valence electrons. The number of aliphatic hydroxyl groups is 1. The highest BCUT2D eigenvalue weighted by Crippen LogP contribution is 2.43. The summed E-state index contributed by atoms with van der Waals surface area (Å²) in [4.78, 5) is 19.4. The summed E-state index contributed by atoms with van der Waals surface area (Å²) in [6, 6.07) is 36.8. The smallest absolute Gasteiger partial charge is 0.351 e. The van der Waals surface area contributed by atoms with E-state index in [2.05, 4.69) is 9.71 Å². The molecule has 13 heteroatoms. The molecule has 0 spiro atoms. The molecule has 1 aromatic heterocycles. The first-order valence-electron chi connectivity index (χ1n) is 17.7. The molecule has 2 heterocycles. The molecule has 0 saturated carbocycles. The van der Waals surface area contributed by atoms with Gasteiger partial charge in [0.2, 0.25) is 0 Å². The van der Waals surface area contributed by atoms with Crippen LogP contribution in [0.2, 0.25) is 0 Å². The number of aromatic nitrogens is 2. The second-order valence-electron chi connectivity index (χ2n) is 13.4. The van der Waals surface area contributed by atoms with E-state index in [1.807, 2.05) is 110 Å². The van der Waals surface area contributed by atoms with Gasteiger partial charge in [-0.1, -0.05) is 78.9 Å². The zero-order chi connectivity index (χ0) is 38.7. The van der Waals surface area contributed by atoms with Crippen molar-refractivity contribution in [2.45, 2.75) is 35.4 Å². The van der Waals surface area contributed by atoms with Gasteiger partial charge < -0.3 is 29.0 Å². The summed E-state index contributed by atoms with van der Waals surface area (Å²) in [5.74, 6) is 1.22. The van der Waals surface area contributed by atoms with Gasteiger partial charge in [-0.25, -0.2) is 13.2 Å². The minimum absolute atomic E-state index is 0.0503. The van der Waals surface area contributed by atoms with Gasteiger partial charge in [0.05, 0.1) is 31.8 Å². The quantitative estimate of drug-likeness (QED) is 0.136. The van der Waals surface area contributed by atoms with Gasteiger partial charge in [0.1, 0.15) is 35.2 Å². The monoisotopic (exact) mass is 762 g/mol. The summed E-state index contributed by atoms with van der Waals surface area (Å²) in [5, 5.41) is 12.6. The van der Waals surface area contributed by atoms with Gasteiger partial charge in [0, 0.05) is 43.2 Å². The SMILES string of the molecule is COc1ccc(C(OC[C@H]2O[C@@H](n3ccc(NS(=O)(=O)c4cccc5c(N(C)C)cccc45)nc3=O)C[C@@H]2O)(c2ccccc2)c2ccc(OC)cc2)cc1. The van der Waals surface area contributed by atoms with Crippen LogP contribution in [0.15, 0.2) is 137 Å². The van der Waals surface area contributed by atoms with E-state index in [0.717, 1.165) is 27.8 Å². The number of hydrogen-bond donors (Lipinski definition) is 2. The molecule has 12 nitrogen and oxygen atoms in total. The lowest BCUT2D eigenvalue weighted by Gasteiger charge is -2.37.